The average molecular weight is 430 g/mol. The summed E-state index contributed by atoms with van der Waals surface area (Å²) >= 11 is 3.41. The number of aromatic nitrogens is 1. The van der Waals surface area contributed by atoms with Crippen LogP contribution in [0.5, 0.6) is 0 Å². The predicted octanol–water partition coefficient (Wildman–Crippen LogP) is 4.49. The van der Waals surface area contributed by atoms with Crippen molar-refractivity contribution in [2.24, 2.45) is 5.92 Å². The molecule has 3 heterocycles. The van der Waals surface area contributed by atoms with Gasteiger partial charge >= 0.3 is 0 Å². The number of benzene rings is 1. The molecule has 142 valence electrons. The summed E-state index contributed by atoms with van der Waals surface area (Å²) in [5, 5.41) is 2.97. The first-order valence-electron chi connectivity index (χ1n) is 9.59. The van der Waals surface area contributed by atoms with Crippen LogP contribution in [0.1, 0.15) is 36.0 Å². The maximum absolute atomic E-state index is 12.8. The minimum absolute atomic E-state index is 0.123. The van der Waals surface area contributed by atoms with Crippen molar-refractivity contribution >= 4 is 33.3 Å². The first-order valence-corrected chi connectivity index (χ1v) is 10.4. The summed E-state index contributed by atoms with van der Waals surface area (Å²) in [5.74, 6) is 1.28. The first-order chi connectivity index (χ1) is 13.2. The number of hydrogen-bond acceptors (Lipinski definition) is 4. The number of piperidine rings is 1. The number of carbonyl (C=O) groups excluding carboxylic acids is 1. The van der Waals surface area contributed by atoms with Crippen LogP contribution >= 0.6 is 15.9 Å². The number of rotatable bonds is 4. The molecule has 27 heavy (non-hydrogen) atoms. The number of anilines is 2. The number of carbonyl (C=O) groups is 1. The summed E-state index contributed by atoms with van der Waals surface area (Å²) in [7, 11) is 0. The van der Waals surface area contributed by atoms with Crippen molar-refractivity contribution in [3.8, 4) is 0 Å². The van der Waals surface area contributed by atoms with E-state index in [0.29, 0.717) is 17.6 Å². The van der Waals surface area contributed by atoms with Gasteiger partial charge in [-0.3, -0.25) is 4.79 Å². The molecule has 0 spiro atoms. The Hall–Kier alpha value is -1.92. The highest BCUT2D eigenvalue weighted by molar-refractivity contribution is 9.10. The van der Waals surface area contributed by atoms with Crippen LogP contribution in [0.3, 0.4) is 0 Å². The highest BCUT2D eigenvalue weighted by Gasteiger charge is 2.30. The number of nitrogens with zero attached hydrogens (tertiary/aromatic N) is 2. The zero-order chi connectivity index (χ0) is 18.6. The number of hydrogen-bond donors (Lipinski definition) is 1. The van der Waals surface area contributed by atoms with Crippen LogP contribution < -0.4 is 10.2 Å². The van der Waals surface area contributed by atoms with E-state index in [9.17, 15) is 4.79 Å². The van der Waals surface area contributed by atoms with E-state index in [4.69, 9.17) is 4.74 Å². The molecule has 2 fully saturated rings. The summed E-state index contributed by atoms with van der Waals surface area (Å²) < 4.78 is 6.85. The van der Waals surface area contributed by atoms with Crippen LogP contribution in [-0.4, -0.2) is 36.7 Å². The molecule has 0 aliphatic carbocycles. The Labute approximate surface area is 168 Å². The van der Waals surface area contributed by atoms with Gasteiger partial charge in [-0.05, 0) is 68.0 Å². The molecule has 4 rings (SSSR count). The second-order valence-electron chi connectivity index (χ2n) is 7.21. The van der Waals surface area contributed by atoms with Gasteiger partial charge in [0.1, 0.15) is 5.82 Å². The Bertz CT molecular complexity index is 782. The number of pyridine rings is 1. The van der Waals surface area contributed by atoms with Crippen molar-refractivity contribution in [3.63, 3.8) is 0 Å². The van der Waals surface area contributed by atoms with E-state index in [0.717, 1.165) is 48.5 Å². The standard InChI is InChI=1S/C21H24BrN3O2/c22-16-5-7-17(8-6-16)24-21(26)18-3-1-11-23-20(18)25-12-9-15(10-13-25)19-4-2-14-27-19/h1,3,5-8,11,15,19H,2,4,9-10,12-14H2,(H,24,26). The first kappa shape index (κ1) is 18.4. The van der Waals surface area contributed by atoms with E-state index < -0.39 is 0 Å². The van der Waals surface area contributed by atoms with Crippen LogP contribution in [0, 0.1) is 5.92 Å². The topological polar surface area (TPSA) is 54.5 Å². The fourth-order valence-electron chi connectivity index (χ4n) is 4.02. The van der Waals surface area contributed by atoms with Crippen LogP contribution in [0.15, 0.2) is 47.1 Å². The van der Waals surface area contributed by atoms with Crippen molar-refractivity contribution in [1.29, 1.82) is 0 Å². The van der Waals surface area contributed by atoms with Crippen molar-refractivity contribution in [2.45, 2.75) is 31.8 Å². The van der Waals surface area contributed by atoms with Gasteiger partial charge in [-0.1, -0.05) is 15.9 Å². The molecule has 2 saturated heterocycles. The molecule has 2 aliphatic heterocycles. The lowest BCUT2D eigenvalue weighted by atomic mass is 9.89. The molecule has 1 aromatic heterocycles. The second kappa shape index (κ2) is 8.40. The zero-order valence-electron chi connectivity index (χ0n) is 15.2. The van der Waals surface area contributed by atoms with Gasteiger partial charge in [0.15, 0.2) is 0 Å². The second-order valence-corrected chi connectivity index (χ2v) is 8.13. The van der Waals surface area contributed by atoms with E-state index in [1.807, 2.05) is 36.4 Å². The molecule has 5 nitrogen and oxygen atoms in total. The van der Waals surface area contributed by atoms with Gasteiger partial charge in [-0.25, -0.2) is 4.98 Å². The molecule has 6 heteroatoms. The highest BCUT2D eigenvalue weighted by Crippen LogP contribution is 2.31. The molecule has 1 N–H and O–H groups in total. The van der Waals surface area contributed by atoms with E-state index in [-0.39, 0.29) is 5.91 Å². The summed E-state index contributed by atoms with van der Waals surface area (Å²) in [5.41, 5.74) is 1.39. The van der Waals surface area contributed by atoms with E-state index in [1.165, 1.54) is 12.8 Å². The minimum Gasteiger partial charge on any atom is -0.378 e. The molecule has 1 atom stereocenters. The molecule has 1 aromatic carbocycles. The third kappa shape index (κ3) is 4.33. The Morgan fingerprint density at radius 2 is 1.93 bits per heavy atom. The number of nitrogens with one attached hydrogen (secondary N) is 1. The normalized spacial score (nSPS) is 20.6. The number of halogens is 1. The third-order valence-electron chi connectivity index (χ3n) is 5.46. The van der Waals surface area contributed by atoms with Crippen molar-refractivity contribution in [3.05, 3.63) is 52.6 Å². The van der Waals surface area contributed by atoms with E-state index in [1.54, 1.807) is 6.20 Å². The van der Waals surface area contributed by atoms with Gasteiger partial charge < -0.3 is 15.0 Å². The van der Waals surface area contributed by atoms with Gasteiger partial charge in [-0.15, -0.1) is 0 Å². The lowest BCUT2D eigenvalue weighted by Gasteiger charge is -2.35. The fourth-order valence-corrected chi connectivity index (χ4v) is 4.28. The smallest absolute Gasteiger partial charge is 0.259 e. The van der Waals surface area contributed by atoms with Gasteiger partial charge in [-0.2, -0.15) is 0 Å². The molecular weight excluding hydrogens is 406 g/mol. The van der Waals surface area contributed by atoms with Crippen LogP contribution in [-0.2, 0) is 4.74 Å². The Morgan fingerprint density at radius 1 is 1.15 bits per heavy atom. The number of ether oxygens (including phenoxy) is 1. The van der Waals surface area contributed by atoms with Gasteiger partial charge in [0, 0.05) is 36.1 Å². The molecule has 1 amide bonds. The Balaban J connectivity index is 1.44. The highest BCUT2D eigenvalue weighted by atomic mass is 79.9. The maximum Gasteiger partial charge on any atom is 0.259 e. The summed E-state index contributed by atoms with van der Waals surface area (Å²) in [6.45, 7) is 2.74. The third-order valence-corrected chi connectivity index (χ3v) is 5.99. The van der Waals surface area contributed by atoms with Gasteiger partial charge in [0.25, 0.3) is 5.91 Å². The Morgan fingerprint density at radius 3 is 2.63 bits per heavy atom. The van der Waals surface area contributed by atoms with Crippen LogP contribution in [0.2, 0.25) is 0 Å². The van der Waals surface area contributed by atoms with E-state index in [2.05, 4.69) is 31.1 Å². The molecule has 0 radical (unpaired) electrons. The van der Waals surface area contributed by atoms with Crippen LogP contribution in [0.4, 0.5) is 11.5 Å². The predicted molar refractivity (Wildman–Crippen MR) is 110 cm³/mol. The molecule has 0 bridgehead atoms. The fraction of sp³-hybridized carbons (Fsp3) is 0.429. The maximum atomic E-state index is 12.8. The average Bonchev–Trinajstić information content (AvgIpc) is 3.25. The lowest BCUT2D eigenvalue weighted by Crippen LogP contribution is -2.39. The van der Waals surface area contributed by atoms with E-state index >= 15 is 0 Å². The largest absolute Gasteiger partial charge is 0.378 e. The Kier molecular flexibility index (Phi) is 5.74. The summed E-state index contributed by atoms with van der Waals surface area (Å²) in [6.07, 6.45) is 6.75. The van der Waals surface area contributed by atoms with Crippen molar-refractivity contribution in [1.82, 2.24) is 4.98 Å². The van der Waals surface area contributed by atoms with Crippen molar-refractivity contribution < 1.29 is 9.53 Å². The van der Waals surface area contributed by atoms with Crippen molar-refractivity contribution in [2.75, 3.05) is 29.9 Å². The molecular formula is C21H24BrN3O2. The summed E-state index contributed by atoms with van der Waals surface area (Å²) in [6, 6.07) is 11.3. The monoisotopic (exact) mass is 429 g/mol. The number of amides is 1. The summed E-state index contributed by atoms with van der Waals surface area (Å²) in [4.78, 5) is 19.6. The molecule has 0 saturated carbocycles. The van der Waals surface area contributed by atoms with Gasteiger partial charge in [0.2, 0.25) is 0 Å². The van der Waals surface area contributed by atoms with Gasteiger partial charge in [0.05, 0.1) is 11.7 Å². The lowest BCUT2D eigenvalue weighted by molar-refractivity contribution is 0.0531. The molecule has 1 unspecified atom stereocenters. The SMILES string of the molecule is O=C(Nc1ccc(Br)cc1)c1cccnc1N1CCC(C2CCCO2)CC1. The molecule has 2 aromatic rings. The zero-order valence-corrected chi connectivity index (χ0v) is 16.8. The minimum atomic E-state index is -0.123. The molecule has 2 aliphatic rings. The quantitative estimate of drug-likeness (QED) is 0.777. The van der Waals surface area contributed by atoms with Crippen LogP contribution in [0.25, 0.3) is 0 Å².